The van der Waals surface area contributed by atoms with E-state index in [1.165, 1.54) is 90.0 Å². The molecule has 0 N–H and O–H groups in total. The highest BCUT2D eigenvalue weighted by Gasteiger charge is 2.49. The summed E-state index contributed by atoms with van der Waals surface area (Å²) >= 11 is 9.17. The molecule has 5 nitrogen and oxygen atoms in total. The van der Waals surface area contributed by atoms with Gasteiger partial charge in [0.25, 0.3) is 0 Å². The van der Waals surface area contributed by atoms with Crippen molar-refractivity contribution < 1.29 is 24.0 Å². The Morgan fingerprint density at radius 1 is 0.486 bits per heavy atom. The monoisotopic (exact) mass is 1100 g/mol. The van der Waals surface area contributed by atoms with Crippen molar-refractivity contribution in [3.05, 3.63) is 46.6 Å². The predicted octanol–water partition coefficient (Wildman–Crippen LogP) is 20.4. The van der Waals surface area contributed by atoms with Gasteiger partial charge in [-0.3, -0.25) is 24.0 Å². The second kappa shape index (κ2) is 33.4. The third-order valence-corrected chi connectivity index (χ3v) is 22.4. The highest BCUT2D eigenvalue weighted by atomic mass is 32.2. The minimum atomic E-state index is -0.278. The molecule has 0 rings (SSSR count). The van der Waals surface area contributed by atoms with E-state index in [4.69, 9.17) is 0 Å². The molecule has 0 saturated heterocycles. The number of hydrogen-bond acceptors (Lipinski definition) is 9. The Balaban J connectivity index is -0.00000222. The minimum Gasteiger partial charge on any atom is -0.288 e. The molecule has 0 amide bonds. The van der Waals surface area contributed by atoms with Crippen molar-refractivity contribution in [1.82, 2.24) is 0 Å². The Bertz CT molecular complexity index is 1850. The van der Waals surface area contributed by atoms with Crippen LogP contribution in [0.4, 0.5) is 0 Å². The number of carbonyl (C=O) groups is 5. The van der Waals surface area contributed by atoms with Gasteiger partial charge in [0.15, 0.2) is 25.6 Å². The lowest BCUT2D eigenvalue weighted by atomic mass is 9.57. The van der Waals surface area contributed by atoms with Gasteiger partial charge in [-0.2, -0.15) is 0 Å². The lowest BCUT2D eigenvalue weighted by Crippen LogP contribution is -2.45. The minimum absolute atomic E-state index is 0.129. The summed E-state index contributed by atoms with van der Waals surface area (Å²) in [6.07, 6.45) is 12.2. The van der Waals surface area contributed by atoms with Crippen LogP contribution in [0.2, 0.25) is 0 Å². The van der Waals surface area contributed by atoms with Crippen LogP contribution in [-0.2, 0) is 24.0 Å². The molecule has 7 atom stereocenters. The molecule has 0 aliphatic rings. The van der Waals surface area contributed by atoms with E-state index < -0.39 is 0 Å². The van der Waals surface area contributed by atoms with Crippen LogP contribution in [0.5, 0.6) is 0 Å². The van der Waals surface area contributed by atoms with Gasteiger partial charge in [-0.15, -0.1) is 12.6 Å². The van der Waals surface area contributed by atoms with Gasteiger partial charge in [0.1, 0.15) is 0 Å². The van der Waals surface area contributed by atoms with E-state index in [2.05, 4.69) is 171 Å². The second-order valence-corrected chi connectivity index (χ2v) is 31.8. The summed E-state index contributed by atoms with van der Waals surface area (Å²) in [6.45, 7) is 64.1. The lowest BCUT2D eigenvalue weighted by Gasteiger charge is -2.51. The fourth-order valence-corrected chi connectivity index (χ4v) is 13.5. The maximum absolute atomic E-state index is 12.9. The second-order valence-electron chi connectivity index (χ2n) is 24.7. The maximum atomic E-state index is 12.9. The maximum Gasteiger partial charge on any atom is 0.186 e. The molecule has 0 aliphatic carbocycles. The normalized spacial score (nSPS) is 17.5. The molecule has 0 aromatic rings. The van der Waals surface area contributed by atoms with E-state index in [9.17, 15) is 24.0 Å². The molecule has 0 aromatic heterocycles. The summed E-state index contributed by atoms with van der Waals surface area (Å²) in [5.41, 5.74) is 8.17. The van der Waals surface area contributed by atoms with Crippen molar-refractivity contribution in [2.24, 2.45) is 39.4 Å². The van der Waals surface area contributed by atoms with Gasteiger partial charge in [0.05, 0.1) is 0 Å². The van der Waals surface area contributed by atoms with Crippen molar-refractivity contribution in [3.63, 3.8) is 0 Å². The van der Waals surface area contributed by atoms with Gasteiger partial charge in [0.2, 0.25) is 0 Å². The van der Waals surface area contributed by atoms with Gasteiger partial charge >= 0.3 is 0 Å². The van der Waals surface area contributed by atoms with Crippen molar-refractivity contribution in [3.8, 4) is 0 Å². The van der Waals surface area contributed by atoms with Crippen LogP contribution in [0.25, 0.3) is 0 Å². The molecular formula is C62H112O5S5. The number of thioether (sulfide) groups is 4. The van der Waals surface area contributed by atoms with Crippen LogP contribution in [0.1, 0.15) is 257 Å². The van der Waals surface area contributed by atoms with Crippen molar-refractivity contribution >= 4 is 85.3 Å². The van der Waals surface area contributed by atoms with Crippen molar-refractivity contribution in [2.45, 2.75) is 271 Å². The van der Waals surface area contributed by atoms with Gasteiger partial charge in [0, 0.05) is 54.6 Å². The summed E-state index contributed by atoms with van der Waals surface area (Å²) in [5, 5.41) is 0.446. The molecule has 0 saturated carbocycles. The average molecular weight is 1100 g/mol. The zero-order chi connectivity index (χ0) is 57.6. The standard InChI is InChI=1S/C46H82O4S4.C14H26.C2H4OS/c1-21-32(4)33(5)24-25-45(19,53-39(11)49)34(6)22-23-35(7)46(20,54-40(12)50)27-26-43(17,31(2)3)30-44(18,36(8)28-51-37(9)47)29-41(13,14)42(15,16)52-38(10)48;1-8-12(4)13(5)9-10-14(6,7)11(2)3;1-2(3)4/h34-36H,2,21-30H2,1,3-20H3;2,8-10H2,1,3-7H3;1H3,(H,3,4)/b33-32+;13-12+;. The summed E-state index contributed by atoms with van der Waals surface area (Å²) in [4.78, 5) is 59.2. The number of thiol groups is 1. The third-order valence-electron chi connectivity index (χ3n) is 17.3. The zero-order valence-corrected chi connectivity index (χ0v) is 55.6. The van der Waals surface area contributed by atoms with Crippen LogP contribution >= 0.6 is 59.7 Å². The summed E-state index contributed by atoms with van der Waals surface area (Å²) in [5.74, 6) is 1.60. The number of allylic oxidation sites excluding steroid dienone is 6. The first-order valence-corrected chi connectivity index (χ1v) is 30.8. The Labute approximate surface area is 469 Å². The molecule has 7 unspecified atom stereocenters. The first-order valence-electron chi connectivity index (χ1n) is 26.9. The van der Waals surface area contributed by atoms with Gasteiger partial charge in [-0.1, -0.05) is 170 Å². The van der Waals surface area contributed by atoms with Gasteiger partial charge in [-0.25, -0.2) is 0 Å². The summed E-state index contributed by atoms with van der Waals surface area (Å²) < 4.78 is -0.703. The molecule has 0 bridgehead atoms. The zero-order valence-electron chi connectivity index (χ0n) is 51.5. The first-order chi connectivity index (χ1) is 32.4. The highest BCUT2D eigenvalue weighted by Crippen LogP contribution is 2.57. The Morgan fingerprint density at radius 2 is 0.861 bits per heavy atom. The lowest BCUT2D eigenvalue weighted by molar-refractivity contribution is -0.110. The van der Waals surface area contributed by atoms with E-state index in [1.807, 2.05) is 0 Å². The van der Waals surface area contributed by atoms with Crippen LogP contribution < -0.4 is 0 Å². The largest absolute Gasteiger partial charge is 0.288 e. The van der Waals surface area contributed by atoms with E-state index in [1.54, 1.807) is 38.8 Å². The fraction of sp³-hybridized carbons (Fsp3) is 0.790. The molecule has 420 valence electrons. The molecule has 0 aliphatic heterocycles. The van der Waals surface area contributed by atoms with Gasteiger partial charge in [-0.05, 0) is 186 Å². The molecule has 0 radical (unpaired) electrons. The predicted molar refractivity (Wildman–Crippen MR) is 333 cm³/mol. The smallest absolute Gasteiger partial charge is 0.186 e. The average Bonchev–Trinajstić information content (AvgIpc) is 3.22. The molecule has 0 aromatic carbocycles. The van der Waals surface area contributed by atoms with Crippen molar-refractivity contribution in [2.75, 3.05) is 5.75 Å². The fourth-order valence-electron chi connectivity index (χ4n) is 9.19. The van der Waals surface area contributed by atoms with E-state index in [0.29, 0.717) is 5.92 Å². The van der Waals surface area contributed by atoms with Crippen LogP contribution in [0, 0.1) is 39.4 Å². The molecule has 10 heteroatoms. The quantitative estimate of drug-likeness (QED) is 0.0581. The van der Waals surface area contributed by atoms with Crippen molar-refractivity contribution in [1.29, 1.82) is 0 Å². The Kier molecular flexibility index (Phi) is 34.9. The van der Waals surface area contributed by atoms with E-state index >= 15 is 0 Å². The Morgan fingerprint density at radius 3 is 1.19 bits per heavy atom. The van der Waals surface area contributed by atoms with E-state index in [-0.39, 0.29) is 73.3 Å². The Hall–Kier alpha value is -0.940. The third kappa shape index (κ3) is 28.4. The molecule has 0 spiro atoms. The van der Waals surface area contributed by atoms with E-state index in [0.717, 1.165) is 69.1 Å². The number of carbonyl (C=O) groups excluding carboxylic acids is 5. The van der Waals surface area contributed by atoms with Gasteiger partial charge < -0.3 is 0 Å². The molecule has 72 heavy (non-hydrogen) atoms. The van der Waals surface area contributed by atoms with Crippen LogP contribution in [0.3, 0.4) is 0 Å². The molecular weight excluding hydrogens is 985 g/mol. The summed E-state index contributed by atoms with van der Waals surface area (Å²) in [6, 6.07) is 0. The topological polar surface area (TPSA) is 85.3 Å². The summed E-state index contributed by atoms with van der Waals surface area (Å²) in [7, 11) is 0. The van der Waals surface area contributed by atoms with Crippen LogP contribution in [-0.4, -0.2) is 45.6 Å². The SMILES string of the molecule is C=C(C)C(C)(C)CC/C(C)=C(\C)CC.C=C(C)C(C)(CCC(C)(SC(C)=O)C(C)CCC(C)C(C)(CC/C(C)=C(\C)CC)SC(C)=O)CC(C)(CC(C)(C)C(C)(C)SC(C)=O)C(C)CSC(C)=O.CC(=O)S. The number of rotatable bonds is 29. The molecule has 0 heterocycles. The molecule has 0 fully saturated rings. The first kappa shape index (κ1) is 75.3. The van der Waals surface area contributed by atoms with Crippen LogP contribution in [0.15, 0.2) is 46.6 Å². The highest BCUT2D eigenvalue weighted by molar-refractivity contribution is 8.15. The number of hydrogen-bond donors (Lipinski definition) is 1.